The van der Waals surface area contributed by atoms with Gasteiger partial charge in [-0.15, -0.1) is 24.0 Å². The molecule has 0 bridgehead atoms. The van der Waals surface area contributed by atoms with Crippen LogP contribution in [0.5, 0.6) is 0 Å². The van der Waals surface area contributed by atoms with Crippen molar-refractivity contribution >= 4 is 39.8 Å². The summed E-state index contributed by atoms with van der Waals surface area (Å²) in [6, 6.07) is 13.2. The van der Waals surface area contributed by atoms with E-state index in [0.29, 0.717) is 24.1 Å². The first-order valence-corrected chi connectivity index (χ1v) is 11.0. The Balaban J connectivity index is 0.00000341. The topological polar surface area (TPSA) is 96.6 Å². The molecule has 0 unspecified atom stereocenters. The summed E-state index contributed by atoms with van der Waals surface area (Å²) in [5.74, 6) is -0.101. The van der Waals surface area contributed by atoms with Gasteiger partial charge in [-0.3, -0.25) is 4.99 Å². The average molecular weight is 558 g/mol. The summed E-state index contributed by atoms with van der Waals surface area (Å²) in [4.78, 5) is 8.19. The molecule has 2 N–H and O–H groups in total. The highest BCUT2D eigenvalue weighted by Gasteiger charge is 2.18. The zero-order chi connectivity index (χ0) is 21.6. The molecule has 0 saturated carbocycles. The van der Waals surface area contributed by atoms with E-state index in [0.717, 1.165) is 17.2 Å². The number of aryl methyl sites for hydroxylation is 1. The minimum absolute atomic E-state index is 0. The van der Waals surface area contributed by atoms with Gasteiger partial charge in [-0.1, -0.05) is 29.8 Å². The fraction of sp³-hybridized carbons (Fsp3) is 0.238. The second-order valence-electron chi connectivity index (χ2n) is 6.61. The smallest absolute Gasteiger partial charge is 0.226 e. The highest BCUT2D eigenvalue weighted by Crippen LogP contribution is 2.19. The van der Waals surface area contributed by atoms with E-state index in [1.165, 1.54) is 18.2 Å². The third-order valence-electron chi connectivity index (χ3n) is 4.35. The standard InChI is InChI=1S/C21H23FN4O3S.HI/c1-15-7-9-16(10-8-15)20-26-17(14-29-20)13-25-21(23-2)24-11-12-30(27,28)19-6-4-3-5-18(19)22;/h3-10,14H,11-13H2,1-2H3,(H2,23,24,25);1H. The molecule has 0 aliphatic rings. The molecule has 7 nitrogen and oxygen atoms in total. The number of aromatic nitrogens is 1. The molecule has 0 atom stereocenters. The second-order valence-corrected chi connectivity index (χ2v) is 8.69. The van der Waals surface area contributed by atoms with Gasteiger partial charge in [-0.2, -0.15) is 0 Å². The van der Waals surface area contributed by atoms with E-state index in [-0.39, 0.29) is 41.2 Å². The molecule has 0 saturated heterocycles. The Kier molecular flexibility index (Phi) is 8.99. The number of benzene rings is 2. The summed E-state index contributed by atoms with van der Waals surface area (Å²) < 4.78 is 43.9. The largest absolute Gasteiger partial charge is 0.444 e. The number of nitrogens with zero attached hydrogens (tertiary/aromatic N) is 2. The molecule has 0 aliphatic carbocycles. The fourth-order valence-electron chi connectivity index (χ4n) is 2.72. The lowest BCUT2D eigenvalue weighted by Gasteiger charge is -2.11. The third-order valence-corrected chi connectivity index (χ3v) is 6.09. The zero-order valence-corrected chi connectivity index (χ0v) is 20.3. The van der Waals surface area contributed by atoms with Crippen LogP contribution >= 0.6 is 24.0 Å². The SMILES string of the molecule is CN=C(NCCS(=O)(=O)c1ccccc1F)NCc1coc(-c2ccc(C)cc2)n1.I. The van der Waals surface area contributed by atoms with Crippen molar-refractivity contribution < 1.29 is 17.2 Å². The Bertz CT molecular complexity index is 1130. The molecule has 166 valence electrons. The predicted octanol–water partition coefficient (Wildman–Crippen LogP) is 3.55. The number of sulfone groups is 1. The van der Waals surface area contributed by atoms with E-state index in [1.54, 1.807) is 13.3 Å². The van der Waals surface area contributed by atoms with Crippen LogP contribution in [0.25, 0.3) is 11.5 Å². The van der Waals surface area contributed by atoms with Gasteiger partial charge in [0.2, 0.25) is 5.89 Å². The molecule has 1 aromatic heterocycles. The molecule has 0 aliphatic heterocycles. The van der Waals surface area contributed by atoms with Crippen LogP contribution in [-0.2, 0) is 16.4 Å². The Hall–Kier alpha value is -2.47. The van der Waals surface area contributed by atoms with Gasteiger partial charge in [0, 0.05) is 19.2 Å². The first-order valence-electron chi connectivity index (χ1n) is 9.32. The van der Waals surface area contributed by atoms with Gasteiger partial charge in [0.05, 0.1) is 18.0 Å². The third kappa shape index (κ3) is 6.76. The second kappa shape index (κ2) is 11.2. The van der Waals surface area contributed by atoms with Crippen LogP contribution in [0.2, 0.25) is 0 Å². The number of rotatable bonds is 7. The number of nitrogens with one attached hydrogen (secondary N) is 2. The van der Waals surface area contributed by atoms with Crippen LogP contribution in [-0.4, -0.2) is 38.7 Å². The van der Waals surface area contributed by atoms with E-state index in [9.17, 15) is 12.8 Å². The number of aliphatic imine (C=N–C) groups is 1. The van der Waals surface area contributed by atoms with E-state index >= 15 is 0 Å². The number of hydrogen-bond donors (Lipinski definition) is 2. The first-order chi connectivity index (χ1) is 14.4. The van der Waals surface area contributed by atoms with Crippen molar-refractivity contribution in [2.24, 2.45) is 4.99 Å². The highest BCUT2D eigenvalue weighted by molar-refractivity contribution is 14.0. The minimum Gasteiger partial charge on any atom is -0.444 e. The lowest BCUT2D eigenvalue weighted by molar-refractivity contribution is 0.566. The summed E-state index contributed by atoms with van der Waals surface area (Å²) in [6.45, 7) is 2.42. The fourth-order valence-corrected chi connectivity index (χ4v) is 3.96. The monoisotopic (exact) mass is 558 g/mol. The zero-order valence-electron chi connectivity index (χ0n) is 17.1. The lowest BCUT2D eigenvalue weighted by atomic mass is 10.1. The van der Waals surface area contributed by atoms with E-state index < -0.39 is 15.7 Å². The molecule has 3 rings (SSSR count). The van der Waals surface area contributed by atoms with Crippen molar-refractivity contribution in [3.8, 4) is 11.5 Å². The van der Waals surface area contributed by atoms with Crippen LogP contribution in [0.1, 0.15) is 11.3 Å². The van der Waals surface area contributed by atoms with Gasteiger partial charge < -0.3 is 15.1 Å². The molecular formula is C21H24FIN4O3S. The Labute approximate surface area is 198 Å². The quantitative estimate of drug-likeness (QED) is 0.262. The van der Waals surface area contributed by atoms with Gasteiger partial charge in [0.1, 0.15) is 17.0 Å². The maximum atomic E-state index is 13.7. The first kappa shape index (κ1) is 24.8. The van der Waals surface area contributed by atoms with Crippen molar-refractivity contribution in [3.05, 3.63) is 71.9 Å². The Morgan fingerprint density at radius 2 is 1.84 bits per heavy atom. The van der Waals surface area contributed by atoms with Crippen LogP contribution in [0, 0.1) is 12.7 Å². The normalized spacial score (nSPS) is 11.6. The lowest BCUT2D eigenvalue weighted by Crippen LogP contribution is -2.39. The molecule has 2 aromatic carbocycles. The minimum atomic E-state index is -3.74. The van der Waals surface area contributed by atoms with E-state index in [4.69, 9.17) is 4.42 Å². The van der Waals surface area contributed by atoms with Crippen molar-refractivity contribution in [1.82, 2.24) is 15.6 Å². The van der Waals surface area contributed by atoms with Gasteiger partial charge in [0.25, 0.3) is 0 Å². The van der Waals surface area contributed by atoms with Crippen molar-refractivity contribution in [2.75, 3.05) is 19.3 Å². The molecule has 3 aromatic rings. The predicted molar refractivity (Wildman–Crippen MR) is 129 cm³/mol. The number of oxazole rings is 1. The van der Waals surface area contributed by atoms with Crippen molar-refractivity contribution in [2.45, 2.75) is 18.4 Å². The Morgan fingerprint density at radius 3 is 2.52 bits per heavy atom. The van der Waals surface area contributed by atoms with Crippen LogP contribution in [0.3, 0.4) is 0 Å². The van der Waals surface area contributed by atoms with Crippen LogP contribution in [0.15, 0.2) is 69.1 Å². The molecule has 10 heteroatoms. The van der Waals surface area contributed by atoms with Crippen molar-refractivity contribution in [1.29, 1.82) is 0 Å². The molecular weight excluding hydrogens is 534 g/mol. The highest BCUT2D eigenvalue weighted by atomic mass is 127. The summed E-state index contributed by atoms with van der Waals surface area (Å²) in [5, 5.41) is 5.95. The summed E-state index contributed by atoms with van der Waals surface area (Å²) in [6.07, 6.45) is 1.55. The molecule has 1 heterocycles. The number of halogens is 2. The van der Waals surface area contributed by atoms with E-state index in [2.05, 4.69) is 20.6 Å². The van der Waals surface area contributed by atoms with Gasteiger partial charge in [-0.25, -0.2) is 17.8 Å². The van der Waals surface area contributed by atoms with Gasteiger partial charge in [0.15, 0.2) is 15.8 Å². The Morgan fingerprint density at radius 1 is 1.13 bits per heavy atom. The summed E-state index contributed by atoms with van der Waals surface area (Å²) in [5.41, 5.74) is 2.71. The number of hydrogen-bond acceptors (Lipinski definition) is 5. The van der Waals surface area contributed by atoms with Crippen LogP contribution < -0.4 is 10.6 Å². The van der Waals surface area contributed by atoms with E-state index in [1.807, 2.05) is 31.2 Å². The molecule has 0 spiro atoms. The van der Waals surface area contributed by atoms with Gasteiger partial charge >= 0.3 is 0 Å². The maximum absolute atomic E-state index is 13.7. The molecule has 0 radical (unpaired) electrons. The van der Waals surface area contributed by atoms with Crippen molar-refractivity contribution in [3.63, 3.8) is 0 Å². The summed E-state index contributed by atoms with van der Waals surface area (Å²) >= 11 is 0. The molecule has 0 amide bonds. The molecule has 0 fully saturated rings. The van der Waals surface area contributed by atoms with Gasteiger partial charge in [-0.05, 0) is 31.2 Å². The average Bonchev–Trinajstić information content (AvgIpc) is 3.20. The summed E-state index contributed by atoms with van der Waals surface area (Å²) in [7, 11) is -2.17. The number of guanidine groups is 1. The van der Waals surface area contributed by atoms with Crippen LogP contribution in [0.4, 0.5) is 4.39 Å². The maximum Gasteiger partial charge on any atom is 0.226 e. The molecule has 31 heavy (non-hydrogen) atoms.